The Hall–Kier alpha value is -3.57. The van der Waals surface area contributed by atoms with E-state index in [4.69, 9.17) is 0 Å². The van der Waals surface area contributed by atoms with E-state index in [9.17, 15) is 27.6 Å². The van der Waals surface area contributed by atoms with Crippen LogP contribution >= 0.6 is 0 Å². The lowest BCUT2D eigenvalue weighted by Gasteiger charge is -2.30. The average Bonchev–Trinajstić information content (AvgIpc) is 3.18. The number of imidazole rings is 1. The Labute approximate surface area is 185 Å². The summed E-state index contributed by atoms with van der Waals surface area (Å²) < 4.78 is 45.4. The summed E-state index contributed by atoms with van der Waals surface area (Å²) >= 11 is 0. The minimum Gasteiger partial charge on any atom is -0.406 e. The summed E-state index contributed by atoms with van der Waals surface area (Å²) in [5.74, 6) is -0.469. The predicted octanol–water partition coefficient (Wildman–Crippen LogP) is 2.09. The van der Waals surface area contributed by atoms with Gasteiger partial charge in [-0.05, 0) is 43.0 Å². The number of alkyl halides is 3. The lowest BCUT2D eigenvalue weighted by Crippen LogP contribution is -2.37. The maximum Gasteiger partial charge on any atom is 0.573 e. The molecule has 1 aliphatic heterocycles. The van der Waals surface area contributed by atoms with Gasteiger partial charge in [-0.1, -0.05) is 0 Å². The molecule has 0 saturated heterocycles. The highest BCUT2D eigenvalue weighted by atomic mass is 19.4. The van der Waals surface area contributed by atoms with Gasteiger partial charge < -0.3 is 14.2 Å². The first-order chi connectivity index (χ1) is 15.6. The number of fused-ring (bicyclic) bond motifs is 2. The average molecular weight is 465 g/mol. The van der Waals surface area contributed by atoms with E-state index < -0.39 is 17.6 Å². The van der Waals surface area contributed by atoms with E-state index in [0.717, 1.165) is 4.57 Å². The van der Waals surface area contributed by atoms with Crippen molar-refractivity contribution >= 4 is 22.8 Å². The Bertz CT molecular complexity index is 1340. The summed E-state index contributed by atoms with van der Waals surface area (Å²) in [4.78, 5) is 43.2. The third kappa shape index (κ3) is 4.37. The van der Waals surface area contributed by atoms with Gasteiger partial charge in [0.1, 0.15) is 5.75 Å². The molecule has 3 heterocycles. The van der Waals surface area contributed by atoms with Gasteiger partial charge in [0.05, 0.1) is 6.33 Å². The molecule has 3 aromatic rings. The Morgan fingerprint density at radius 2 is 1.94 bits per heavy atom. The standard InChI is InChI=1S/C21H22F3N5O4/c1-26-18-17(19(31)27(2)20(26)32)28(12-25-18)9-4-6-16(30)29-10-3-5-13-11-14(7-8-15(13)29)33-21(22,23)24/h7-8,11-12H,3-6,9-10H2,1-2H3. The number of rotatable bonds is 5. The minimum absolute atomic E-state index is 0.162. The summed E-state index contributed by atoms with van der Waals surface area (Å²) in [7, 11) is 2.92. The van der Waals surface area contributed by atoms with Crippen molar-refractivity contribution in [3.05, 3.63) is 50.9 Å². The van der Waals surface area contributed by atoms with Crippen LogP contribution in [0, 0.1) is 0 Å². The molecular formula is C21H22F3N5O4. The van der Waals surface area contributed by atoms with Crippen molar-refractivity contribution in [2.75, 3.05) is 11.4 Å². The molecular weight excluding hydrogens is 443 g/mol. The third-order valence-corrected chi connectivity index (χ3v) is 5.71. The fraction of sp³-hybridized carbons (Fsp3) is 0.429. The fourth-order valence-electron chi connectivity index (χ4n) is 4.13. The van der Waals surface area contributed by atoms with Crippen LogP contribution in [0.3, 0.4) is 0 Å². The van der Waals surface area contributed by atoms with E-state index in [1.165, 1.54) is 43.2 Å². The topological polar surface area (TPSA) is 91.4 Å². The number of ether oxygens (including phenoxy) is 1. The van der Waals surface area contributed by atoms with E-state index in [0.29, 0.717) is 43.6 Å². The van der Waals surface area contributed by atoms with E-state index in [1.807, 2.05) is 0 Å². The largest absolute Gasteiger partial charge is 0.573 e. The molecule has 4 rings (SSSR count). The molecule has 2 aromatic heterocycles. The van der Waals surface area contributed by atoms with Crippen molar-refractivity contribution in [3.63, 3.8) is 0 Å². The van der Waals surface area contributed by atoms with Gasteiger partial charge >= 0.3 is 12.1 Å². The van der Waals surface area contributed by atoms with E-state index in [2.05, 4.69) is 9.72 Å². The maximum absolute atomic E-state index is 12.9. The van der Waals surface area contributed by atoms with E-state index in [-0.39, 0.29) is 29.2 Å². The first kappa shape index (κ1) is 22.6. The van der Waals surface area contributed by atoms with E-state index in [1.54, 1.807) is 9.47 Å². The maximum atomic E-state index is 12.9. The Morgan fingerprint density at radius 1 is 1.18 bits per heavy atom. The number of anilines is 1. The number of aryl methyl sites for hydroxylation is 3. The molecule has 0 fully saturated rings. The Kier molecular flexibility index (Phi) is 5.76. The lowest BCUT2D eigenvalue weighted by molar-refractivity contribution is -0.274. The predicted molar refractivity (Wildman–Crippen MR) is 113 cm³/mol. The van der Waals surface area contributed by atoms with Gasteiger partial charge in [-0.25, -0.2) is 9.78 Å². The number of nitrogens with zero attached hydrogens (tertiary/aromatic N) is 5. The van der Waals surface area contributed by atoms with Gasteiger partial charge in [-0.15, -0.1) is 13.2 Å². The number of carbonyl (C=O) groups is 1. The van der Waals surface area contributed by atoms with Gasteiger partial charge in [-0.2, -0.15) is 0 Å². The molecule has 0 atom stereocenters. The van der Waals surface area contributed by atoms with Crippen LogP contribution in [0.5, 0.6) is 5.75 Å². The van der Waals surface area contributed by atoms with Gasteiger partial charge in [-0.3, -0.25) is 18.7 Å². The summed E-state index contributed by atoms with van der Waals surface area (Å²) in [6.07, 6.45) is -1.54. The summed E-state index contributed by atoms with van der Waals surface area (Å²) in [6.45, 7) is 0.816. The zero-order chi connectivity index (χ0) is 23.9. The van der Waals surface area contributed by atoms with Crippen molar-refractivity contribution in [3.8, 4) is 5.75 Å². The number of hydrogen-bond donors (Lipinski definition) is 0. The van der Waals surface area contributed by atoms with Crippen LogP contribution in [-0.2, 0) is 31.9 Å². The van der Waals surface area contributed by atoms with Crippen LogP contribution in [0.25, 0.3) is 11.2 Å². The van der Waals surface area contributed by atoms with Gasteiger partial charge in [0.15, 0.2) is 11.2 Å². The van der Waals surface area contributed by atoms with Gasteiger partial charge in [0.25, 0.3) is 5.56 Å². The zero-order valence-electron chi connectivity index (χ0n) is 18.1. The van der Waals surface area contributed by atoms with Crippen LogP contribution in [0.15, 0.2) is 34.1 Å². The fourth-order valence-corrected chi connectivity index (χ4v) is 4.13. The highest BCUT2D eigenvalue weighted by Gasteiger charge is 2.32. The minimum atomic E-state index is -4.77. The van der Waals surface area contributed by atoms with Crippen molar-refractivity contribution in [2.45, 2.75) is 38.6 Å². The second-order valence-corrected chi connectivity index (χ2v) is 7.91. The first-order valence-corrected chi connectivity index (χ1v) is 10.4. The van der Waals surface area contributed by atoms with Crippen molar-refractivity contribution < 1.29 is 22.7 Å². The molecule has 0 spiro atoms. The number of benzene rings is 1. The third-order valence-electron chi connectivity index (χ3n) is 5.71. The Morgan fingerprint density at radius 3 is 2.67 bits per heavy atom. The molecule has 1 aliphatic rings. The summed E-state index contributed by atoms with van der Waals surface area (Å²) in [5, 5.41) is 0. The Balaban J connectivity index is 1.47. The zero-order valence-corrected chi connectivity index (χ0v) is 18.1. The monoisotopic (exact) mass is 465 g/mol. The van der Waals surface area contributed by atoms with Gasteiger partial charge in [0, 0.05) is 39.3 Å². The molecule has 1 aromatic carbocycles. The molecule has 0 unspecified atom stereocenters. The van der Waals surface area contributed by atoms with E-state index >= 15 is 0 Å². The van der Waals surface area contributed by atoms with Crippen LogP contribution in [0.2, 0.25) is 0 Å². The molecule has 1 amide bonds. The number of amides is 1. The number of carbonyl (C=O) groups excluding carboxylic acids is 1. The molecule has 0 aliphatic carbocycles. The molecule has 33 heavy (non-hydrogen) atoms. The first-order valence-electron chi connectivity index (χ1n) is 10.4. The van der Waals surface area contributed by atoms with Crippen LogP contribution < -0.4 is 20.9 Å². The summed E-state index contributed by atoms with van der Waals surface area (Å²) in [6, 6.07) is 4.00. The van der Waals surface area contributed by atoms with Crippen LogP contribution in [0.4, 0.5) is 18.9 Å². The number of halogens is 3. The van der Waals surface area contributed by atoms with Gasteiger partial charge in [0.2, 0.25) is 5.91 Å². The second-order valence-electron chi connectivity index (χ2n) is 7.91. The lowest BCUT2D eigenvalue weighted by atomic mass is 10.0. The highest BCUT2D eigenvalue weighted by Crippen LogP contribution is 2.33. The van der Waals surface area contributed by atoms with Crippen molar-refractivity contribution in [1.82, 2.24) is 18.7 Å². The molecule has 0 saturated carbocycles. The smallest absolute Gasteiger partial charge is 0.406 e. The molecule has 12 heteroatoms. The summed E-state index contributed by atoms with van der Waals surface area (Å²) in [5.41, 5.74) is 0.835. The SMILES string of the molecule is Cn1c(=O)c2c(ncn2CCCC(=O)N2CCCc3cc(OC(F)(F)F)ccc32)n(C)c1=O. The normalized spacial score (nSPS) is 13.9. The quantitative estimate of drug-likeness (QED) is 0.576. The van der Waals surface area contributed by atoms with Crippen LogP contribution in [-0.4, -0.2) is 37.5 Å². The molecule has 0 radical (unpaired) electrons. The molecule has 9 nitrogen and oxygen atoms in total. The van der Waals surface area contributed by atoms with Crippen LogP contribution in [0.1, 0.15) is 24.8 Å². The molecule has 176 valence electrons. The number of aromatic nitrogens is 4. The molecule has 0 bridgehead atoms. The second kappa shape index (κ2) is 8.41. The van der Waals surface area contributed by atoms with Crippen molar-refractivity contribution in [2.24, 2.45) is 14.1 Å². The molecule has 0 N–H and O–H groups in total. The van der Waals surface area contributed by atoms with Crippen molar-refractivity contribution in [1.29, 1.82) is 0 Å². The highest BCUT2D eigenvalue weighted by molar-refractivity contribution is 5.94. The number of hydrogen-bond acceptors (Lipinski definition) is 5.